The zero-order valence-electron chi connectivity index (χ0n) is 13.6. The summed E-state index contributed by atoms with van der Waals surface area (Å²) >= 11 is 0. The summed E-state index contributed by atoms with van der Waals surface area (Å²) in [4.78, 5) is 0. The molecule has 8 nitrogen and oxygen atoms in total. The van der Waals surface area contributed by atoms with Gasteiger partial charge in [-0.15, -0.1) is 14.8 Å². The van der Waals surface area contributed by atoms with E-state index in [2.05, 4.69) is 25.9 Å². The molecule has 26 heavy (non-hydrogen) atoms. The summed E-state index contributed by atoms with van der Waals surface area (Å²) in [5, 5.41) is 18.2. The number of halogens is 1. The Labute approximate surface area is 147 Å². The largest absolute Gasteiger partial charge is 0.493 e. The van der Waals surface area contributed by atoms with E-state index in [-0.39, 0.29) is 5.75 Å². The zero-order valence-corrected chi connectivity index (χ0v) is 13.6. The highest BCUT2D eigenvalue weighted by molar-refractivity contribution is 5.58. The smallest absolute Gasteiger partial charge is 0.200 e. The van der Waals surface area contributed by atoms with Gasteiger partial charge in [0.25, 0.3) is 0 Å². The number of benzene rings is 2. The Bertz CT molecular complexity index is 1070. The summed E-state index contributed by atoms with van der Waals surface area (Å²) in [6.45, 7) is 0. The van der Waals surface area contributed by atoms with Crippen LogP contribution in [0.2, 0.25) is 0 Å². The first-order chi connectivity index (χ1) is 12.7. The van der Waals surface area contributed by atoms with Crippen LogP contribution in [0.25, 0.3) is 5.65 Å². The number of nitrogens with zero attached hydrogens (tertiary/aromatic N) is 5. The molecule has 2 aromatic heterocycles. The number of nitrogens with one attached hydrogen (secondary N) is 1. The summed E-state index contributed by atoms with van der Waals surface area (Å²) in [6.07, 6.45) is 0. The van der Waals surface area contributed by atoms with Gasteiger partial charge in [-0.25, -0.2) is 4.39 Å². The van der Waals surface area contributed by atoms with E-state index in [0.717, 1.165) is 0 Å². The van der Waals surface area contributed by atoms with Crippen LogP contribution >= 0.6 is 0 Å². The Balaban J connectivity index is 1.55. The molecule has 2 aromatic carbocycles. The van der Waals surface area contributed by atoms with Crippen LogP contribution in [0.1, 0.15) is 0 Å². The van der Waals surface area contributed by atoms with Crippen molar-refractivity contribution in [3.05, 3.63) is 60.4 Å². The number of anilines is 2. The molecule has 130 valence electrons. The predicted molar refractivity (Wildman–Crippen MR) is 91.3 cm³/mol. The van der Waals surface area contributed by atoms with Crippen molar-refractivity contribution in [2.24, 2.45) is 0 Å². The van der Waals surface area contributed by atoms with E-state index >= 15 is 0 Å². The highest BCUT2D eigenvalue weighted by Crippen LogP contribution is 2.33. The lowest BCUT2D eigenvalue weighted by molar-refractivity contribution is 0.371. The quantitative estimate of drug-likeness (QED) is 0.590. The molecule has 0 aliphatic rings. The molecule has 0 saturated carbocycles. The number of hydrogen-bond donors (Lipinski definition) is 1. The number of hydrogen-bond acceptors (Lipinski definition) is 7. The maximum absolute atomic E-state index is 14.4. The van der Waals surface area contributed by atoms with Gasteiger partial charge in [-0.05, 0) is 46.8 Å². The van der Waals surface area contributed by atoms with Crippen molar-refractivity contribution in [3.63, 3.8) is 0 Å². The van der Waals surface area contributed by atoms with Gasteiger partial charge < -0.3 is 14.8 Å². The number of ether oxygens (including phenoxy) is 2. The topological polar surface area (TPSA) is 86.5 Å². The molecule has 0 aliphatic carbocycles. The monoisotopic (exact) mass is 352 g/mol. The van der Waals surface area contributed by atoms with E-state index in [0.29, 0.717) is 28.7 Å². The van der Waals surface area contributed by atoms with Gasteiger partial charge in [0.2, 0.25) is 0 Å². The minimum atomic E-state index is -0.524. The van der Waals surface area contributed by atoms with Gasteiger partial charge in [-0.1, -0.05) is 12.1 Å². The van der Waals surface area contributed by atoms with Gasteiger partial charge in [0.1, 0.15) is 0 Å². The minimum Gasteiger partial charge on any atom is -0.493 e. The Morgan fingerprint density at radius 3 is 2.65 bits per heavy atom. The molecule has 0 aliphatic heterocycles. The first kappa shape index (κ1) is 15.8. The van der Waals surface area contributed by atoms with Crippen LogP contribution in [0, 0.1) is 5.82 Å². The Kier molecular flexibility index (Phi) is 4.02. The molecule has 0 bridgehead atoms. The number of methoxy groups -OCH3 is 1. The van der Waals surface area contributed by atoms with E-state index in [4.69, 9.17) is 9.47 Å². The molecule has 0 amide bonds. The van der Waals surface area contributed by atoms with Gasteiger partial charge in [0, 0.05) is 11.8 Å². The third-order valence-corrected chi connectivity index (χ3v) is 3.56. The number of tetrazole rings is 1. The summed E-state index contributed by atoms with van der Waals surface area (Å²) in [6, 6.07) is 15.0. The second kappa shape index (κ2) is 6.63. The lowest BCUT2D eigenvalue weighted by Gasteiger charge is -2.12. The summed E-state index contributed by atoms with van der Waals surface area (Å²) in [5.41, 5.74) is 1.03. The molecular weight excluding hydrogens is 339 g/mol. The van der Waals surface area contributed by atoms with Crippen LogP contribution < -0.4 is 14.8 Å². The van der Waals surface area contributed by atoms with Gasteiger partial charge in [-0.2, -0.15) is 0 Å². The third-order valence-electron chi connectivity index (χ3n) is 3.56. The van der Waals surface area contributed by atoms with Gasteiger partial charge >= 0.3 is 0 Å². The maximum Gasteiger partial charge on any atom is 0.200 e. The molecule has 0 unspecified atom stereocenters. The number of para-hydroxylation sites is 2. The second-order valence-electron chi connectivity index (χ2n) is 5.27. The average molecular weight is 352 g/mol. The fourth-order valence-corrected chi connectivity index (χ4v) is 2.35. The first-order valence-corrected chi connectivity index (χ1v) is 7.66. The molecule has 1 N–H and O–H groups in total. The Morgan fingerprint density at radius 1 is 1.00 bits per heavy atom. The van der Waals surface area contributed by atoms with Crippen molar-refractivity contribution in [1.29, 1.82) is 0 Å². The van der Waals surface area contributed by atoms with E-state index in [9.17, 15) is 4.39 Å². The van der Waals surface area contributed by atoms with Crippen molar-refractivity contribution in [3.8, 4) is 17.2 Å². The molecule has 0 atom stereocenters. The van der Waals surface area contributed by atoms with Crippen LogP contribution in [0.4, 0.5) is 15.9 Å². The van der Waals surface area contributed by atoms with Crippen molar-refractivity contribution < 1.29 is 13.9 Å². The summed E-state index contributed by atoms with van der Waals surface area (Å²) < 4.78 is 26.5. The van der Waals surface area contributed by atoms with Gasteiger partial charge in [0.05, 0.1) is 7.11 Å². The minimum absolute atomic E-state index is 0.0870. The van der Waals surface area contributed by atoms with E-state index in [1.807, 2.05) is 6.07 Å². The lowest BCUT2D eigenvalue weighted by atomic mass is 10.2. The van der Waals surface area contributed by atoms with Crippen molar-refractivity contribution >= 4 is 17.2 Å². The highest BCUT2D eigenvalue weighted by Gasteiger charge is 2.10. The normalized spacial score (nSPS) is 10.7. The van der Waals surface area contributed by atoms with Crippen LogP contribution in [0.15, 0.2) is 54.6 Å². The van der Waals surface area contributed by atoms with Crippen molar-refractivity contribution in [2.75, 3.05) is 12.4 Å². The van der Waals surface area contributed by atoms with E-state index in [1.54, 1.807) is 36.4 Å². The van der Waals surface area contributed by atoms with Gasteiger partial charge in [0.15, 0.2) is 34.5 Å². The Hall–Kier alpha value is -3.75. The maximum atomic E-state index is 14.4. The number of rotatable bonds is 5. The average Bonchev–Trinajstić information content (AvgIpc) is 3.12. The number of aromatic nitrogens is 5. The molecule has 2 heterocycles. The summed E-state index contributed by atoms with van der Waals surface area (Å²) in [5.74, 6) is 0.990. The fraction of sp³-hybridized carbons (Fsp3) is 0.0588. The van der Waals surface area contributed by atoms with Crippen LogP contribution in [0.3, 0.4) is 0 Å². The SMILES string of the molecule is COc1ccccc1Oc1ccc(Nc2ccc3nnnn3n2)cc1F. The third kappa shape index (κ3) is 3.09. The molecule has 4 rings (SSSR count). The molecule has 0 fully saturated rings. The van der Waals surface area contributed by atoms with Gasteiger partial charge in [-0.3, -0.25) is 0 Å². The summed E-state index contributed by atoms with van der Waals surface area (Å²) in [7, 11) is 1.53. The number of fused-ring (bicyclic) bond motifs is 1. The van der Waals surface area contributed by atoms with E-state index < -0.39 is 5.82 Å². The Morgan fingerprint density at radius 2 is 1.85 bits per heavy atom. The molecule has 0 radical (unpaired) electrons. The molecule has 4 aromatic rings. The fourth-order valence-electron chi connectivity index (χ4n) is 2.35. The van der Waals surface area contributed by atoms with Crippen LogP contribution in [-0.4, -0.2) is 32.4 Å². The van der Waals surface area contributed by atoms with Crippen molar-refractivity contribution in [2.45, 2.75) is 0 Å². The van der Waals surface area contributed by atoms with Crippen LogP contribution in [0.5, 0.6) is 17.2 Å². The standard InChI is InChI=1S/C17H13FN6O2/c1-25-14-4-2-3-5-15(14)26-13-7-6-11(10-12(13)18)19-16-8-9-17-20-22-23-24(17)21-16/h2-10H,1H3,(H,19,21). The van der Waals surface area contributed by atoms with Crippen molar-refractivity contribution in [1.82, 2.24) is 25.3 Å². The van der Waals surface area contributed by atoms with E-state index in [1.165, 1.54) is 23.9 Å². The van der Waals surface area contributed by atoms with Crippen LogP contribution in [-0.2, 0) is 0 Å². The lowest BCUT2D eigenvalue weighted by Crippen LogP contribution is -2.00. The first-order valence-electron chi connectivity index (χ1n) is 7.66. The highest BCUT2D eigenvalue weighted by atomic mass is 19.1. The molecular formula is C17H13FN6O2. The second-order valence-corrected chi connectivity index (χ2v) is 5.27. The molecule has 9 heteroatoms. The predicted octanol–water partition coefficient (Wildman–Crippen LogP) is 3.20. The molecule has 0 spiro atoms. The zero-order chi connectivity index (χ0) is 17.9. The molecule has 0 saturated heterocycles.